The lowest BCUT2D eigenvalue weighted by atomic mass is 9.94. The van der Waals surface area contributed by atoms with Crippen LogP contribution in [0.25, 0.3) is 0 Å². The average Bonchev–Trinajstić information content (AvgIpc) is 3.06. The van der Waals surface area contributed by atoms with Gasteiger partial charge in [-0.1, -0.05) is 18.2 Å². The lowest BCUT2D eigenvalue weighted by Crippen LogP contribution is -2.39. The fraction of sp³-hybridized carbons (Fsp3) is 0.476. The highest BCUT2D eigenvalue weighted by Crippen LogP contribution is 2.31. The Morgan fingerprint density at radius 3 is 2.58 bits per heavy atom. The Bertz CT molecular complexity index is 662. The van der Waals surface area contributed by atoms with Crippen molar-refractivity contribution < 1.29 is 0 Å². The first-order chi connectivity index (χ1) is 11.8. The number of rotatable bonds is 4. The van der Waals surface area contributed by atoms with Crippen molar-refractivity contribution in [2.75, 3.05) is 31.1 Å². The molecular weight excluding hydrogens is 294 g/mol. The van der Waals surface area contributed by atoms with E-state index in [-0.39, 0.29) is 0 Å². The van der Waals surface area contributed by atoms with Crippen LogP contribution in [0.15, 0.2) is 48.8 Å². The molecule has 0 amide bonds. The molecule has 0 spiro atoms. The number of piperidine rings is 1. The highest BCUT2D eigenvalue weighted by Gasteiger charge is 2.27. The third-order valence-corrected chi connectivity index (χ3v) is 5.85. The SMILES string of the molecule is C[C@H](c1ccncc1)N1CCC(CN2CCc3ccccc32)CC1. The number of hydrogen-bond donors (Lipinski definition) is 0. The van der Waals surface area contributed by atoms with Crippen LogP contribution in [-0.4, -0.2) is 36.1 Å². The predicted molar refractivity (Wildman–Crippen MR) is 99.3 cm³/mol. The molecule has 0 saturated carbocycles. The van der Waals surface area contributed by atoms with Crippen molar-refractivity contribution in [3.05, 3.63) is 59.9 Å². The predicted octanol–water partition coefficient (Wildman–Crippen LogP) is 3.92. The fourth-order valence-corrected chi connectivity index (χ4v) is 4.28. The van der Waals surface area contributed by atoms with Crippen LogP contribution in [0, 0.1) is 5.92 Å². The van der Waals surface area contributed by atoms with Crippen LogP contribution in [0.5, 0.6) is 0 Å². The van der Waals surface area contributed by atoms with E-state index in [0.717, 1.165) is 5.92 Å². The van der Waals surface area contributed by atoms with Crippen LogP contribution >= 0.6 is 0 Å². The molecule has 3 nitrogen and oxygen atoms in total. The third-order valence-electron chi connectivity index (χ3n) is 5.85. The maximum Gasteiger partial charge on any atom is 0.0399 e. The largest absolute Gasteiger partial charge is 0.371 e. The summed E-state index contributed by atoms with van der Waals surface area (Å²) in [5, 5.41) is 0. The normalized spacial score (nSPS) is 20.1. The lowest BCUT2D eigenvalue weighted by Gasteiger charge is -2.37. The van der Waals surface area contributed by atoms with Gasteiger partial charge in [-0.25, -0.2) is 0 Å². The Morgan fingerprint density at radius 2 is 1.79 bits per heavy atom. The van der Waals surface area contributed by atoms with Crippen LogP contribution in [-0.2, 0) is 6.42 Å². The lowest BCUT2D eigenvalue weighted by molar-refractivity contribution is 0.143. The molecule has 1 atom stereocenters. The van der Waals surface area contributed by atoms with Gasteiger partial charge in [-0.3, -0.25) is 9.88 Å². The van der Waals surface area contributed by atoms with Crippen molar-refractivity contribution >= 4 is 5.69 Å². The molecule has 1 saturated heterocycles. The van der Waals surface area contributed by atoms with Crippen molar-refractivity contribution in [1.29, 1.82) is 0 Å². The van der Waals surface area contributed by atoms with Crippen molar-refractivity contribution in [1.82, 2.24) is 9.88 Å². The van der Waals surface area contributed by atoms with Gasteiger partial charge in [-0.15, -0.1) is 0 Å². The van der Waals surface area contributed by atoms with Crippen molar-refractivity contribution in [3.8, 4) is 0 Å². The summed E-state index contributed by atoms with van der Waals surface area (Å²) in [5.74, 6) is 0.831. The Balaban J connectivity index is 1.32. The summed E-state index contributed by atoms with van der Waals surface area (Å²) in [7, 11) is 0. The molecule has 1 aromatic carbocycles. The second-order valence-electron chi connectivity index (χ2n) is 7.26. The van der Waals surface area contributed by atoms with Gasteiger partial charge in [-0.05, 0) is 74.5 Å². The summed E-state index contributed by atoms with van der Waals surface area (Å²) in [5.41, 5.74) is 4.39. The molecule has 0 bridgehead atoms. The van der Waals surface area contributed by atoms with E-state index in [9.17, 15) is 0 Å². The second kappa shape index (κ2) is 6.94. The van der Waals surface area contributed by atoms with Crippen LogP contribution in [0.3, 0.4) is 0 Å². The summed E-state index contributed by atoms with van der Waals surface area (Å²) in [6.07, 6.45) is 7.66. The van der Waals surface area contributed by atoms with Gasteiger partial charge >= 0.3 is 0 Å². The van der Waals surface area contributed by atoms with E-state index in [1.54, 1.807) is 0 Å². The standard InChI is InChI=1S/C21H27N3/c1-17(19-6-11-22-12-7-19)23-13-8-18(9-14-23)16-24-15-10-20-4-2-3-5-21(20)24/h2-7,11-12,17-18H,8-10,13-16H2,1H3/t17-/m1/s1. The molecule has 24 heavy (non-hydrogen) atoms. The van der Waals surface area contributed by atoms with E-state index >= 15 is 0 Å². The third kappa shape index (κ3) is 3.18. The van der Waals surface area contributed by atoms with Gasteiger partial charge in [0, 0.05) is 37.2 Å². The van der Waals surface area contributed by atoms with E-state index in [1.807, 2.05) is 12.4 Å². The summed E-state index contributed by atoms with van der Waals surface area (Å²) in [4.78, 5) is 9.38. The number of nitrogens with zero attached hydrogens (tertiary/aromatic N) is 3. The van der Waals surface area contributed by atoms with Gasteiger partial charge < -0.3 is 4.90 Å². The number of aromatic nitrogens is 1. The van der Waals surface area contributed by atoms with Crippen LogP contribution < -0.4 is 4.90 Å². The molecule has 4 rings (SSSR count). The Kier molecular flexibility index (Phi) is 4.52. The molecule has 3 heterocycles. The Labute approximate surface area is 145 Å². The Hall–Kier alpha value is -1.87. The van der Waals surface area contributed by atoms with E-state index in [1.165, 1.54) is 62.3 Å². The minimum Gasteiger partial charge on any atom is -0.371 e. The molecule has 2 aliphatic rings. The molecule has 0 aliphatic carbocycles. The first kappa shape index (κ1) is 15.6. The zero-order valence-corrected chi connectivity index (χ0v) is 14.6. The van der Waals surface area contributed by atoms with Crippen molar-refractivity contribution in [2.45, 2.75) is 32.2 Å². The van der Waals surface area contributed by atoms with E-state index in [2.05, 4.69) is 58.1 Å². The number of fused-ring (bicyclic) bond motifs is 1. The molecule has 2 aliphatic heterocycles. The van der Waals surface area contributed by atoms with Crippen LogP contribution in [0.2, 0.25) is 0 Å². The second-order valence-corrected chi connectivity index (χ2v) is 7.26. The molecule has 1 aromatic heterocycles. The average molecular weight is 321 g/mol. The zero-order valence-electron chi connectivity index (χ0n) is 14.6. The molecule has 126 valence electrons. The Morgan fingerprint density at radius 1 is 1.04 bits per heavy atom. The van der Waals surface area contributed by atoms with Crippen molar-refractivity contribution in [2.24, 2.45) is 5.92 Å². The van der Waals surface area contributed by atoms with E-state index in [4.69, 9.17) is 0 Å². The van der Waals surface area contributed by atoms with E-state index < -0.39 is 0 Å². The minimum absolute atomic E-state index is 0.501. The quantitative estimate of drug-likeness (QED) is 0.851. The van der Waals surface area contributed by atoms with Gasteiger partial charge in [0.1, 0.15) is 0 Å². The maximum absolute atomic E-state index is 4.14. The molecule has 1 fully saturated rings. The molecular formula is C21H27N3. The smallest absolute Gasteiger partial charge is 0.0399 e. The monoisotopic (exact) mass is 321 g/mol. The topological polar surface area (TPSA) is 19.4 Å². The maximum atomic E-state index is 4.14. The first-order valence-electron chi connectivity index (χ1n) is 9.28. The van der Waals surface area contributed by atoms with E-state index in [0.29, 0.717) is 6.04 Å². The fourth-order valence-electron chi connectivity index (χ4n) is 4.28. The molecule has 0 N–H and O–H groups in total. The molecule has 2 aromatic rings. The van der Waals surface area contributed by atoms with Gasteiger partial charge in [0.15, 0.2) is 0 Å². The number of pyridine rings is 1. The van der Waals surface area contributed by atoms with Crippen LogP contribution in [0.1, 0.15) is 36.9 Å². The summed E-state index contributed by atoms with van der Waals surface area (Å²) in [6, 6.07) is 13.7. The number of anilines is 1. The number of likely N-dealkylation sites (tertiary alicyclic amines) is 1. The van der Waals surface area contributed by atoms with Gasteiger partial charge in [0.2, 0.25) is 0 Å². The van der Waals surface area contributed by atoms with Gasteiger partial charge in [0.05, 0.1) is 0 Å². The molecule has 3 heteroatoms. The van der Waals surface area contributed by atoms with Crippen LogP contribution in [0.4, 0.5) is 5.69 Å². The highest BCUT2D eigenvalue weighted by atomic mass is 15.2. The van der Waals surface area contributed by atoms with Gasteiger partial charge in [0.25, 0.3) is 0 Å². The summed E-state index contributed by atoms with van der Waals surface area (Å²) < 4.78 is 0. The molecule has 0 unspecified atom stereocenters. The zero-order chi connectivity index (χ0) is 16.4. The number of para-hydroxylation sites is 1. The van der Waals surface area contributed by atoms with Gasteiger partial charge in [-0.2, -0.15) is 0 Å². The minimum atomic E-state index is 0.501. The first-order valence-corrected chi connectivity index (χ1v) is 9.28. The number of benzene rings is 1. The summed E-state index contributed by atoms with van der Waals surface area (Å²) >= 11 is 0. The highest BCUT2D eigenvalue weighted by molar-refractivity contribution is 5.57. The summed E-state index contributed by atoms with van der Waals surface area (Å²) in [6.45, 7) is 7.18. The van der Waals surface area contributed by atoms with Crippen molar-refractivity contribution in [3.63, 3.8) is 0 Å². The molecule has 0 radical (unpaired) electrons. The number of hydrogen-bond acceptors (Lipinski definition) is 3.